The molecular formula is C22H24IN5O2S. The predicted octanol–water partition coefficient (Wildman–Crippen LogP) is 4.46. The lowest BCUT2D eigenvalue weighted by Gasteiger charge is -2.14. The number of carbonyl (C=O) groups excluding carboxylic acids is 2. The van der Waals surface area contributed by atoms with E-state index < -0.39 is 0 Å². The Kier molecular flexibility index (Phi) is 8.08. The van der Waals surface area contributed by atoms with Gasteiger partial charge in [0.15, 0.2) is 5.16 Å². The Morgan fingerprint density at radius 1 is 1.06 bits per heavy atom. The summed E-state index contributed by atoms with van der Waals surface area (Å²) in [6, 6.07) is 15.3. The molecule has 0 saturated heterocycles. The molecule has 1 heterocycles. The fourth-order valence-electron chi connectivity index (χ4n) is 2.94. The first-order valence-electron chi connectivity index (χ1n) is 9.78. The number of hydrogen-bond donors (Lipinski definition) is 2. The van der Waals surface area contributed by atoms with Gasteiger partial charge in [0.2, 0.25) is 11.8 Å². The van der Waals surface area contributed by atoms with Gasteiger partial charge in [-0.2, -0.15) is 0 Å². The lowest BCUT2D eigenvalue weighted by Crippen LogP contribution is -2.17. The van der Waals surface area contributed by atoms with Crippen LogP contribution in [0.3, 0.4) is 0 Å². The average molecular weight is 549 g/mol. The molecule has 0 spiro atoms. The molecule has 0 aliphatic carbocycles. The largest absolute Gasteiger partial charge is 0.326 e. The van der Waals surface area contributed by atoms with Crippen LogP contribution >= 0.6 is 34.4 Å². The minimum Gasteiger partial charge on any atom is -0.326 e. The summed E-state index contributed by atoms with van der Waals surface area (Å²) in [5.41, 5.74) is 2.67. The summed E-state index contributed by atoms with van der Waals surface area (Å²) in [6.45, 7) is 4.20. The zero-order chi connectivity index (χ0) is 22.4. The number of para-hydroxylation sites is 1. The standard InChI is InChI=1S/C22H24IN5O2S/c1-14(2)17-11-15(23)9-10-18(17)25-21(30)13-31-22-27-26-19(28(22)3)12-20(29)24-16-7-5-4-6-8-16/h4-11,14H,12-13H2,1-3H3,(H,24,29)(H,25,30). The molecule has 0 fully saturated rings. The fourth-order valence-corrected chi connectivity index (χ4v) is 4.18. The van der Waals surface area contributed by atoms with Gasteiger partial charge in [-0.1, -0.05) is 43.8 Å². The first-order chi connectivity index (χ1) is 14.8. The monoisotopic (exact) mass is 549 g/mol. The van der Waals surface area contributed by atoms with Gasteiger partial charge in [-0.25, -0.2) is 0 Å². The number of hydrogen-bond acceptors (Lipinski definition) is 5. The van der Waals surface area contributed by atoms with Crippen molar-refractivity contribution in [3.8, 4) is 0 Å². The first kappa shape index (κ1) is 23.3. The average Bonchev–Trinajstić information content (AvgIpc) is 3.07. The lowest BCUT2D eigenvalue weighted by atomic mass is 10.0. The van der Waals surface area contributed by atoms with Gasteiger partial charge in [0.25, 0.3) is 0 Å². The molecule has 0 radical (unpaired) electrons. The van der Waals surface area contributed by atoms with E-state index in [2.05, 4.69) is 63.3 Å². The molecule has 2 amide bonds. The van der Waals surface area contributed by atoms with Crippen LogP contribution in [-0.4, -0.2) is 32.3 Å². The molecule has 31 heavy (non-hydrogen) atoms. The molecule has 162 valence electrons. The Balaban J connectivity index is 1.56. The van der Waals surface area contributed by atoms with Crippen LogP contribution in [0.1, 0.15) is 31.2 Å². The fraction of sp³-hybridized carbons (Fsp3) is 0.273. The molecule has 0 unspecified atom stereocenters. The number of benzene rings is 2. The van der Waals surface area contributed by atoms with Gasteiger partial charge in [0.05, 0.1) is 12.2 Å². The highest BCUT2D eigenvalue weighted by Gasteiger charge is 2.16. The Morgan fingerprint density at radius 3 is 2.52 bits per heavy atom. The van der Waals surface area contributed by atoms with Crippen molar-refractivity contribution in [1.29, 1.82) is 0 Å². The molecule has 9 heteroatoms. The van der Waals surface area contributed by atoms with Crippen molar-refractivity contribution in [3.63, 3.8) is 0 Å². The van der Waals surface area contributed by atoms with Gasteiger partial charge in [0.1, 0.15) is 5.82 Å². The van der Waals surface area contributed by atoms with E-state index in [1.807, 2.05) is 42.5 Å². The van der Waals surface area contributed by atoms with Gasteiger partial charge in [0, 0.05) is 22.0 Å². The van der Waals surface area contributed by atoms with Crippen molar-refractivity contribution >= 4 is 57.5 Å². The van der Waals surface area contributed by atoms with Crippen LogP contribution in [0.5, 0.6) is 0 Å². The second-order valence-electron chi connectivity index (χ2n) is 7.27. The van der Waals surface area contributed by atoms with E-state index in [0.29, 0.717) is 16.9 Å². The predicted molar refractivity (Wildman–Crippen MR) is 132 cm³/mol. The number of nitrogens with zero attached hydrogens (tertiary/aromatic N) is 3. The number of anilines is 2. The molecule has 3 rings (SSSR count). The summed E-state index contributed by atoms with van der Waals surface area (Å²) in [7, 11) is 1.79. The second kappa shape index (κ2) is 10.8. The normalized spacial score (nSPS) is 10.9. The number of nitrogens with one attached hydrogen (secondary N) is 2. The van der Waals surface area contributed by atoms with Crippen molar-refractivity contribution in [2.24, 2.45) is 7.05 Å². The number of rotatable bonds is 8. The third-order valence-corrected chi connectivity index (χ3v) is 6.23. The molecule has 0 atom stereocenters. The Bertz CT molecular complexity index is 1070. The van der Waals surface area contributed by atoms with Gasteiger partial charge in [-0.3, -0.25) is 9.59 Å². The summed E-state index contributed by atoms with van der Waals surface area (Å²) >= 11 is 3.56. The highest BCUT2D eigenvalue weighted by atomic mass is 127. The van der Waals surface area contributed by atoms with Crippen molar-refractivity contribution < 1.29 is 9.59 Å². The summed E-state index contributed by atoms with van der Waals surface area (Å²) in [5, 5.41) is 14.6. The maximum atomic E-state index is 12.5. The molecule has 0 aliphatic rings. The summed E-state index contributed by atoms with van der Waals surface area (Å²) in [5.74, 6) is 0.763. The third kappa shape index (κ3) is 6.54. The summed E-state index contributed by atoms with van der Waals surface area (Å²) in [4.78, 5) is 24.7. The lowest BCUT2D eigenvalue weighted by molar-refractivity contribution is -0.116. The number of carbonyl (C=O) groups is 2. The van der Waals surface area contributed by atoms with E-state index in [4.69, 9.17) is 0 Å². The highest BCUT2D eigenvalue weighted by molar-refractivity contribution is 14.1. The van der Waals surface area contributed by atoms with Crippen LogP contribution in [0.15, 0.2) is 53.7 Å². The zero-order valence-electron chi connectivity index (χ0n) is 17.6. The van der Waals surface area contributed by atoms with E-state index in [1.165, 1.54) is 11.8 Å². The van der Waals surface area contributed by atoms with E-state index in [-0.39, 0.29) is 24.0 Å². The van der Waals surface area contributed by atoms with Crippen LogP contribution in [0.4, 0.5) is 11.4 Å². The van der Waals surface area contributed by atoms with Crippen LogP contribution in [0.2, 0.25) is 0 Å². The number of halogens is 1. The SMILES string of the molecule is CC(C)c1cc(I)ccc1NC(=O)CSc1nnc(CC(=O)Nc2ccccc2)n1C. The molecule has 1 aromatic heterocycles. The molecule has 7 nitrogen and oxygen atoms in total. The summed E-state index contributed by atoms with van der Waals surface area (Å²) < 4.78 is 2.88. The molecule has 0 aliphatic heterocycles. The number of amides is 2. The third-order valence-electron chi connectivity index (χ3n) is 4.54. The maximum absolute atomic E-state index is 12.5. The smallest absolute Gasteiger partial charge is 0.234 e. The minimum absolute atomic E-state index is 0.103. The Morgan fingerprint density at radius 2 is 1.81 bits per heavy atom. The molecule has 2 aromatic carbocycles. The highest BCUT2D eigenvalue weighted by Crippen LogP contribution is 2.26. The summed E-state index contributed by atoms with van der Waals surface area (Å²) in [6.07, 6.45) is 0.103. The quantitative estimate of drug-likeness (QED) is 0.320. The van der Waals surface area contributed by atoms with Crippen molar-refractivity contribution in [2.45, 2.75) is 31.3 Å². The van der Waals surface area contributed by atoms with E-state index in [1.54, 1.807) is 11.6 Å². The molecule has 0 saturated carbocycles. The number of thioether (sulfide) groups is 1. The van der Waals surface area contributed by atoms with Gasteiger partial charge in [-0.15, -0.1) is 10.2 Å². The van der Waals surface area contributed by atoms with E-state index >= 15 is 0 Å². The van der Waals surface area contributed by atoms with E-state index in [9.17, 15) is 9.59 Å². The second-order valence-corrected chi connectivity index (χ2v) is 9.46. The van der Waals surface area contributed by atoms with Crippen molar-refractivity contribution in [3.05, 3.63) is 63.5 Å². The van der Waals surface area contributed by atoms with Gasteiger partial charge >= 0.3 is 0 Å². The molecule has 2 N–H and O–H groups in total. The van der Waals surface area contributed by atoms with E-state index in [0.717, 1.165) is 20.5 Å². The molecular weight excluding hydrogens is 525 g/mol. The molecule has 3 aromatic rings. The Hall–Kier alpha value is -2.40. The van der Waals surface area contributed by atoms with Crippen LogP contribution in [-0.2, 0) is 23.1 Å². The Labute approximate surface area is 199 Å². The van der Waals surface area contributed by atoms with Crippen LogP contribution < -0.4 is 10.6 Å². The van der Waals surface area contributed by atoms with Crippen molar-refractivity contribution in [1.82, 2.24) is 14.8 Å². The van der Waals surface area contributed by atoms with Crippen LogP contribution in [0, 0.1) is 3.57 Å². The van der Waals surface area contributed by atoms with Gasteiger partial charge in [-0.05, 0) is 64.4 Å². The minimum atomic E-state index is -0.170. The topological polar surface area (TPSA) is 88.9 Å². The molecule has 0 bridgehead atoms. The maximum Gasteiger partial charge on any atom is 0.234 e. The number of aromatic nitrogens is 3. The van der Waals surface area contributed by atoms with Gasteiger partial charge < -0.3 is 15.2 Å². The van der Waals surface area contributed by atoms with Crippen LogP contribution in [0.25, 0.3) is 0 Å². The first-order valence-corrected chi connectivity index (χ1v) is 11.8. The van der Waals surface area contributed by atoms with Crippen molar-refractivity contribution in [2.75, 3.05) is 16.4 Å². The zero-order valence-corrected chi connectivity index (χ0v) is 20.5.